The Balaban J connectivity index is 1.58. The zero-order chi connectivity index (χ0) is 20.9. The lowest BCUT2D eigenvalue weighted by molar-refractivity contribution is -0.137. The Morgan fingerprint density at radius 3 is 2.62 bits per heavy atom. The minimum absolute atomic E-state index is 0.224. The Labute approximate surface area is 180 Å². The number of benzene rings is 2. The predicted octanol–water partition coefficient (Wildman–Crippen LogP) is 6.04. The van der Waals surface area contributed by atoms with Crippen molar-refractivity contribution >= 4 is 34.6 Å². The average molecular weight is 511 g/mol. The summed E-state index contributed by atoms with van der Waals surface area (Å²) in [5.41, 5.74) is 4.91. The van der Waals surface area contributed by atoms with E-state index in [0.29, 0.717) is 6.61 Å². The molecule has 0 aliphatic rings. The van der Waals surface area contributed by atoms with Gasteiger partial charge in [-0.2, -0.15) is 18.3 Å². The van der Waals surface area contributed by atoms with Crippen molar-refractivity contribution in [2.24, 2.45) is 5.10 Å². The van der Waals surface area contributed by atoms with Crippen molar-refractivity contribution in [2.75, 3.05) is 5.43 Å². The number of alkyl halides is 3. The van der Waals surface area contributed by atoms with Crippen LogP contribution in [0.15, 0.2) is 65.9 Å². The zero-order valence-corrected chi connectivity index (χ0v) is 17.5. The van der Waals surface area contributed by atoms with Gasteiger partial charge in [0, 0.05) is 6.20 Å². The lowest BCUT2D eigenvalue weighted by atomic mass is 10.1. The maximum atomic E-state index is 12.5. The number of hydrazone groups is 1. The fourth-order valence-electron chi connectivity index (χ4n) is 2.48. The first-order valence-corrected chi connectivity index (χ1v) is 9.69. The van der Waals surface area contributed by atoms with E-state index in [1.165, 1.54) is 11.6 Å². The largest absolute Gasteiger partial charge is 0.488 e. The number of aryl methyl sites for hydroxylation is 1. The van der Waals surface area contributed by atoms with E-state index >= 15 is 0 Å². The van der Waals surface area contributed by atoms with Crippen LogP contribution in [0.25, 0.3) is 0 Å². The van der Waals surface area contributed by atoms with Gasteiger partial charge in [-0.1, -0.05) is 29.8 Å². The van der Waals surface area contributed by atoms with E-state index in [9.17, 15) is 13.2 Å². The van der Waals surface area contributed by atoms with E-state index in [-0.39, 0.29) is 5.82 Å². The molecule has 0 saturated carbocycles. The second kappa shape index (κ2) is 9.25. The van der Waals surface area contributed by atoms with Crippen LogP contribution in [-0.2, 0) is 12.8 Å². The number of nitrogens with zero attached hydrogens (tertiary/aromatic N) is 2. The van der Waals surface area contributed by atoms with Gasteiger partial charge in [0.25, 0.3) is 0 Å². The molecule has 0 radical (unpaired) electrons. The summed E-state index contributed by atoms with van der Waals surface area (Å²) in [6, 6.07) is 15.9. The smallest absolute Gasteiger partial charge is 0.417 e. The highest BCUT2D eigenvalue weighted by molar-refractivity contribution is 14.1. The van der Waals surface area contributed by atoms with E-state index in [1.54, 1.807) is 6.21 Å². The summed E-state index contributed by atoms with van der Waals surface area (Å²) in [5, 5.41) is 4.01. The number of halogens is 4. The molecule has 8 heteroatoms. The number of nitrogens with one attached hydrogen (secondary N) is 1. The first-order valence-electron chi connectivity index (χ1n) is 8.61. The van der Waals surface area contributed by atoms with Crippen LogP contribution in [0.5, 0.6) is 5.75 Å². The summed E-state index contributed by atoms with van der Waals surface area (Å²) >= 11 is 2.18. The second-order valence-electron chi connectivity index (χ2n) is 6.27. The Kier molecular flexibility index (Phi) is 6.73. The van der Waals surface area contributed by atoms with Gasteiger partial charge in [0.2, 0.25) is 0 Å². The molecule has 0 spiro atoms. The minimum Gasteiger partial charge on any atom is -0.488 e. The molecule has 0 amide bonds. The molecule has 4 nitrogen and oxygen atoms in total. The molecule has 1 heterocycles. The van der Waals surface area contributed by atoms with Crippen LogP contribution >= 0.6 is 22.6 Å². The van der Waals surface area contributed by atoms with Crippen LogP contribution < -0.4 is 10.2 Å². The topological polar surface area (TPSA) is 46.5 Å². The first-order chi connectivity index (χ1) is 13.8. The summed E-state index contributed by atoms with van der Waals surface area (Å²) in [7, 11) is 0. The van der Waals surface area contributed by atoms with Gasteiger partial charge in [-0.25, -0.2) is 4.98 Å². The first kappa shape index (κ1) is 21.1. The molecule has 3 rings (SSSR count). The zero-order valence-electron chi connectivity index (χ0n) is 15.4. The molecule has 0 bridgehead atoms. The van der Waals surface area contributed by atoms with Gasteiger partial charge in [0.1, 0.15) is 18.2 Å². The molecule has 29 heavy (non-hydrogen) atoms. The standard InChI is InChI=1S/C21H17F3IN3O/c1-14-3-2-4-16(9-14)13-29-19-7-5-15(10-18(19)25)11-27-28-20-8-6-17(12-26-20)21(22,23)24/h2-12H,13H2,1H3,(H,26,28)/b27-11-. The van der Waals surface area contributed by atoms with Crippen LogP contribution in [0.2, 0.25) is 0 Å². The van der Waals surface area contributed by atoms with Gasteiger partial charge >= 0.3 is 6.18 Å². The molecule has 0 aliphatic carbocycles. The summed E-state index contributed by atoms with van der Waals surface area (Å²) in [6.07, 6.45) is -2.08. The third kappa shape index (κ3) is 6.18. The van der Waals surface area contributed by atoms with Crippen molar-refractivity contribution in [3.8, 4) is 5.75 Å². The van der Waals surface area contributed by atoms with Crippen molar-refractivity contribution in [1.82, 2.24) is 4.98 Å². The molecular formula is C21H17F3IN3O. The lowest BCUT2D eigenvalue weighted by Gasteiger charge is -2.09. The molecule has 0 saturated heterocycles. The number of anilines is 1. The number of hydrogen-bond acceptors (Lipinski definition) is 4. The van der Waals surface area contributed by atoms with Gasteiger partial charge < -0.3 is 4.74 Å². The molecule has 1 aromatic heterocycles. The van der Waals surface area contributed by atoms with E-state index in [1.807, 2.05) is 43.3 Å². The number of rotatable bonds is 6. The quantitative estimate of drug-likeness (QED) is 0.250. The van der Waals surface area contributed by atoms with Gasteiger partial charge in [0.05, 0.1) is 15.3 Å². The molecule has 1 N–H and O–H groups in total. The Morgan fingerprint density at radius 2 is 1.97 bits per heavy atom. The molecule has 0 aliphatic heterocycles. The van der Waals surface area contributed by atoms with Crippen LogP contribution in [0.4, 0.5) is 19.0 Å². The molecule has 0 unspecified atom stereocenters. The molecule has 150 valence electrons. The number of pyridine rings is 1. The number of hydrogen-bond donors (Lipinski definition) is 1. The van der Waals surface area contributed by atoms with Crippen LogP contribution in [-0.4, -0.2) is 11.2 Å². The molecule has 0 atom stereocenters. The predicted molar refractivity (Wildman–Crippen MR) is 115 cm³/mol. The van der Waals surface area contributed by atoms with E-state index < -0.39 is 11.7 Å². The molecule has 0 fully saturated rings. The number of ether oxygens (including phenoxy) is 1. The van der Waals surface area contributed by atoms with E-state index in [4.69, 9.17) is 4.74 Å². The highest BCUT2D eigenvalue weighted by Crippen LogP contribution is 2.28. The van der Waals surface area contributed by atoms with Crippen LogP contribution in [0, 0.1) is 10.5 Å². The molecule has 3 aromatic rings. The Morgan fingerprint density at radius 1 is 1.14 bits per heavy atom. The minimum atomic E-state index is -4.41. The van der Waals surface area contributed by atoms with E-state index in [0.717, 1.165) is 32.7 Å². The summed E-state index contributed by atoms with van der Waals surface area (Å²) in [5.74, 6) is 0.990. The van der Waals surface area contributed by atoms with Crippen molar-refractivity contribution in [1.29, 1.82) is 0 Å². The SMILES string of the molecule is Cc1cccc(COc2ccc(/C=N\Nc3ccc(C(F)(F)F)cn3)cc2I)c1. The second-order valence-corrected chi connectivity index (χ2v) is 7.43. The van der Waals surface area contributed by atoms with Crippen molar-refractivity contribution in [3.63, 3.8) is 0 Å². The van der Waals surface area contributed by atoms with Crippen molar-refractivity contribution in [3.05, 3.63) is 86.6 Å². The summed E-state index contributed by atoms with van der Waals surface area (Å²) in [6.45, 7) is 2.52. The Hall–Kier alpha value is -2.62. The van der Waals surface area contributed by atoms with Gasteiger partial charge in [-0.05, 0) is 71.0 Å². The van der Waals surface area contributed by atoms with Gasteiger partial charge in [-0.3, -0.25) is 5.43 Å². The fourth-order valence-corrected chi connectivity index (χ4v) is 3.17. The highest BCUT2D eigenvalue weighted by Gasteiger charge is 2.30. The molecule has 2 aromatic carbocycles. The van der Waals surface area contributed by atoms with E-state index in [2.05, 4.69) is 44.2 Å². The van der Waals surface area contributed by atoms with Gasteiger partial charge in [-0.15, -0.1) is 0 Å². The maximum Gasteiger partial charge on any atom is 0.417 e. The maximum absolute atomic E-state index is 12.5. The third-order valence-electron chi connectivity index (χ3n) is 3.92. The van der Waals surface area contributed by atoms with Crippen LogP contribution in [0.3, 0.4) is 0 Å². The van der Waals surface area contributed by atoms with Crippen molar-refractivity contribution < 1.29 is 17.9 Å². The monoisotopic (exact) mass is 511 g/mol. The normalized spacial score (nSPS) is 11.6. The lowest BCUT2D eigenvalue weighted by Crippen LogP contribution is -2.05. The summed E-state index contributed by atoms with van der Waals surface area (Å²) in [4.78, 5) is 3.70. The van der Waals surface area contributed by atoms with Gasteiger partial charge in [0.15, 0.2) is 0 Å². The fraction of sp³-hybridized carbons (Fsp3) is 0.143. The Bertz CT molecular complexity index is 1000. The number of aromatic nitrogens is 1. The van der Waals surface area contributed by atoms with Crippen LogP contribution in [0.1, 0.15) is 22.3 Å². The van der Waals surface area contributed by atoms with Crippen molar-refractivity contribution in [2.45, 2.75) is 19.7 Å². The average Bonchev–Trinajstić information content (AvgIpc) is 2.67. The highest BCUT2D eigenvalue weighted by atomic mass is 127. The third-order valence-corrected chi connectivity index (χ3v) is 4.76. The summed E-state index contributed by atoms with van der Waals surface area (Å²) < 4.78 is 44.4. The molecular weight excluding hydrogens is 494 g/mol.